The van der Waals surface area contributed by atoms with Crippen LogP contribution in [0.1, 0.15) is 29.4 Å². The van der Waals surface area contributed by atoms with Crippen LogP contribution in [-0.2, 0) is 6.42 Å². The molecule has 2 aromatic carbocycles. The topological polar surface area (TPSA) is 72.2 Å². The zero-order valence-electron chi connectivity index (χ0n) is 15.5. The molecule has 6 nitrogen and oxygen atoms in total. The molecule has 3 aromatic rings. The van der Waals surface area contributed by atoms with Crippen LogP contribution in [0.2, 0.25) is 0 Å². The average Bonchev–Trinajstić information content (AvgIpc) is 3.15. The lowest BCUT2D eigenvalue weighted by molar-refractivity contribution is 0.287. The summed E-state index contributed by atoms with van der Waals surface area (Å²) in [6.07, 6.45) is 3.42. The van der Waals surface area contributed by atoms with Gasteiger partial charge in [0.1, 0.15) is 11.8 Å². The lowest BCUT2D eigenvalue weighted by Crippen LogP contribution is -2.20. The molecular weight excluding hydrogens is 420 g/mol. The summed E-state index contributed by atoms with van der Waals surface area (Å²) in [4.78, 5) is 4.65. The molecule has 0 aliphatic carbocycles. The third kappa shape index (κ3) is 3.81. The van der Waals surface area contributed by atoms with Gasteiger partial charge in [-0.2, -0.15) is 10.1 Å². The summed E-state index contributed by atoms with van der Waals surface area (Å²) in [5.41, 5.74) is 3.12. The van der Waals surface area contributed by atoms with Crippen LogP contribution < -0.4 is 10.1 Å². The summed E-state index contributed by atoms with van der Waals surface area (Å²) >= 11 is 3.49. The molecule has 0 fully saturated rings. The Morgan fingerprint density at radius 2 is 2.04 bits per heavy atom. The molecule has 4 rings (SSSR count). The summed E-state index contributed by atoms with van der Waals surface area (Å²) in [5.74, 6) is 2.22. The molecule has 1 aromatic heterocycles. The van der Waals surface area contributed by atoms with Crippen molar-refractivity contribution in [2.45, 2.75) is 18.9 Å². The van der Waals surface area contributed by atoms with Crippen LogP contribution in [0.4, 0.5) is 5.95 Å². The van der Waals surface area contributed by atoms with Crippen molar-refractivity contribution < 1.29 is 9.84 Å². The minimum absolute atomic E-state index is 0.111. The number of methoxy groups -OCH3 is 1. The molecule has 2 N–H and O–H groups in total. The Labute approximate surface area is 172 Å². The van der Waals surface area contributed by atoms with Crippen molar-refractivity contribution in [1.82, 2.24) is 14.8 Å². The number of hydrogen-bond donors (Lipinski definition) is 2. The number of benzene rings is 2. The number of aliphatic hydroxyl groups excluding tert-OH is 1. The highest BCUT2D eigenvalue weighted by molar-refractivity contribution is 9.10. The third-order valence-electron chi connectivity index (χ3n) is 4.66. The third-order valence-corrected chi connectivity index (χ3v) is 5.19. The first-order valence-electron chi connectivity index (χ1n) is 9.13. The molecule has 0 saturated carbocycles. The number of allylic oxidation sites excluding steroid dienone is 1. The van der Waals surface area contributed by atoms with Crippen LogP contribution >= 0.6 is 15.9 Å². The van der Waals surface area contributed by atoms with E-state index in [2.05, 4.69) is 55.6 Å². The van der Waals surface area contributed by atoms with Crippen molar-refractivity contribution in [3.05, 3.63) is 76.0 Å². The number of anilines is 1. The number of rotatable bonds is 6. The molecule has 2 heterocycles. The van der Waals surface area contributed by atoms with Gasteiger partial charge in [-0.3, -0.25) is 0 Å². The summed E-state index contributed by atoms with van der Waals surface area (Å²) in [6, 6.07) is 16.0. The highest BCUT2D eigenvalue weighted by atomic mass is 79.9. The second-order valence-corrected chi connectivity index (χ2v) is 7.47. The van der Waals surface area contributed by atoms with E-state index in [-0.39, 0.29) is 12.6 Å². The van der Waals surface area contributed by atoms with Crippen LogP contribution in [0.5, 0.6) is 5.75 Å². The highest BCUT2D eigenvalue weighted by Crippen LogP contribution is 2.34. The van der Waals surface area contributed by atoms with Crippen LogP contribution in [-0.4, -0.2) is 33.6 Å². The molecule has 0 saturated heterocycles. The van der Waals surface area contributed by atoms with Crippen LogP contribution in [0.3, 0.4) is 0 Å². The number of nitrogens with one attached hydrogen (secondary N) is 1. The van der Waals surface area contributed by atoms with E-state index in [1.54, 1.807) is 7.11 Å². The Morgan fingerprint density at radius 3 is 2.79 bits per heavy atom. The van der Waals surface area contributed by atoms with Gasteiger partial charge in [-0.25, -0.2) is 4.68 Å². The van der Waals surface area contributed by atoms with Gasteiger partial charge in [0, 0.05) is 23.2 Å². The Hall–Kier alpha value is -2.64. The Morgan fingerprint density at radius 1 is 1.21 bits per heavy atom. The first kappa shape index (κ1) is 18.7. The standard InChI is InChI=1S/C21H21BrN4O2/c1-28-17-5-2-4-15(12-17)19-13-18(14-7-9-16(22)10-8-14)23-21-24-20(6-3-11-27)25-26(19)21/h2,4-5,7-10,12-13,19,27H,3,6,11H2,1H3,(H,23,24,25). The number of halogens is 1. The molecule has 0 radical (unpaired) electrons. The number of nitrogens with zero attached hydrogens (tertiary/aromatic N) is 3. The SMILES string of the molecule is COc1cccc(C2C=C(c3ccc(Br)cc3)Nc3nc(CCCO)nn32)c1. The first-order chi connectivity index (χ1) is 13.7. The van der Waals surface area contributed by atoms with Crippen molar-refractivity contribution in [2.24, 2.45) is 0 Å². The van der Waals surface area contributed by atoms with Gasteiger partial charge in [0.15, 0.2) is 5.82 Å². The van der Waals surface area contributed by atoms with Crippen LogP contribution in [0, 0.1) is 0 Å². The molecule has 7 heteroatoms. The summed E-state index contributed by atoms with van der Waals surface area (Å²) in [5, 5.41) is 17.2. The van der Waals surface area contributed by atoms with Gasteiger partial charge in [0.05, 0.1) is 7.11 Å². The molecule has 1 unspecified atom stereocenters. The molecule has 0 spiro atoms. The minimum atomic E-state index is -0.111. The maximum absolute atomic E-state index is 9.13. The van der Waals surface area contributed by atoms with Crippen molar-refractivity contribution in [3.63, 3.8) is 0 Å². The average molecular weight is 441 g/mol. The Balaban J connectivity index is 1.77. The van der Waals surface area contributed by atoms with E-state index in [0.717, 1.165) is 32.9 Å². The van der Waals surface area contributed by atoms with Crippen molar-refractivity contribution in [1.29, 1.82) is 0 Å². The van der Waals surface area contributed by atoms with Crippen molar-refractivity contribution >= 4 is 27.6 Å². The lowest BCUT2D eigenvalue weighted by Gasteiger charge is -2.24. The fourth-order valence-electron chi connectivity index (χ4n) is 3.24. The number of fused-ring (bicyclic) bond motifs is 1. The number of hydrogen-bond acceptors (Lipinski definition) is 5. The maximum Gasteiger partial charge on any atom is 0.226 e. The van der Waals surface area contributed by atoms with Gasteiger partial charge < -0.3 is 15.2 Å². The van der Waals surface area contributed by atoms with E-state index in [0.29, 0.717) is 18.8 Å². The van der Waals surface area contributed by atoms with Gasteiger partial charge in [0.2, 0.25) is 5.95 Å². The number of aryl methyl sites for hydroxylation is 1. The van der Waals surface area contributed by atoms with E-state index >= 15 is 0 Å². The minimum Gasteiger partial charge on any atom is -0.497 e. The fraction of sp³-hybridized carbons (Fsp3) is 0.238. The van der Waals surface area contributed by atoms with Crippen LogP contribution in [0.15, 0.2) is 59.1 Å². The smallest absolute Gasteiger partial charge is 0.226 e. The number of ether oxygens (including phenoxy) is 1. The zero-order valence-corrected chi connectivity index (χ0v) is 17.1. The maximum atomic E-state index is 9.13. The van der Waals surface area contributed by atoms with Gasteiger partial charge in [-0.05, 0) is 47.9 Å². The molecule has 1 aliphatic rings. The van der Waals surface area contributed by atoms with E-state index in [4.69, 9.17) is 9.84 Å². The predicted molar refractivity (Wildman–Crippen MR) is 112 cm³/mol. The zero-order chi connectivity index (χ0) is 19.5. The second kappa shape index (κ2) is 8.16. The van der Waals surface area contributed by atoms with E-state index < -0.39 is 0 Å². The number of aliphatic hydroxyl groups is 1. The van der Waals surface area contributed by atoms with E-state index in [1.807, 2.05) is 35.0 Å². The Kier molecular flexibility index (Phi) is 5.45. The highest BCUT2D eigenvalue weighted by Gasteiger charge is 2.25. The normalized spacial score (nSPS) is 15.5. The molecule has 28 heavy (non-hydrogen) atoms. The number of aromatic nitrogens is 3. The summed E-state index contributed by atoms with van der Waals surface area (Å²) in [7, 11) is 1.67. The van der Waals surface area contributed by atoms with Crippen LogP contribution in [0.25, 0.3) is 5.70 Å². The first-order valence-corrected chi connectivity index (χ1v) is 9.92. The molecule has 1 atom stereocenters. The van der Waals surface area contributed by atoms with E-state index in [1.165, 1.54) is 0 Å². The van der Waals surface area contributed by atoms with Crippen molar-refractivity contribution in [3.8, 4) is 5.75 Å². The van der Waals surface area contributed by atoms with Crippen molar-refractivity contribution in [2.75, 3.05) is 19.0 Å². The molecular formula is C21H21BrN4O2. The predicted octanol–water partition coefficient (Wildman–Crippen LogP) is 4.03. The Bertz CT molecular complexity index is 998. The fourth-order valence-corrected chi connectivity index (χ4v) is 3.51. The molecule has 0 bridgehead atoms. The lowest BCUT2D eigenvalue weighted by atomic mass is 10.0. The van der Waals surface area contributed by atoms with E-state index in [9.17, 15) is 0 Å². The largest absolute Gasteiger partial charge is 0.497 e. The molecule has 144 valence electrons. The second-order valence-electron chi connectivity index (χ2n) is 6.56. The molecule has 1 aliphatic heterocycles. The summed E-state index contributed by atoms with van der Waals surface area (Å²) in [6.45, 7) is 0.124. The summed E-state index contributed by atoms with van der Waals surface area (Å²) < 4.78 is 8.33. The van der Waals surface area contributed by atoms with Gasteiger partial charge in [-0.1, -0.05) is 40.2 Å². The quantitative estimate of drug-likeness (QED) is 0.605. The van der Waals surface area contributed by atoms with Gasteiger partial charge >= 0.3 is 0 Å². The molecule has 0 amide bonds. The van der Waals surface area contributed by atoms with Gasteiger partial charge in [-0.15, -0.1) is 0 Å². The monoisotopic (exact) mass is 440 g/mol. The van der Waals surface area contributed by atoms with Gasteiger partial charge in [0.25, 0.3) is 0 Å².